The summed E-state index contributed by atoms with van der Waals surface area (Å²) in [6.45, 7) is 0. The zero-order valence-corrected chi connectivity index (χ0v) is 4.88. The Morgan fingerprint density at radius 2 is 1.25 bits per heavy atom. The van der Waals surface area contributed by atoms with Gasteiger partial charge in [-0.1, -0.05) is 30.3 Å². The highest BCUT2D eigenvalue weighted by atomic mass is 14.2. The molecule has 0 heterocycles. The first kappa shape index (κ1) is 6.32. The molecule has 36 valence electrons. The van der Waals surface area contributed by atoms with E-state index in [1.165, 1.54) is 0 Å². The second kappa shape index (κ2) is 2.20. The van der Waals surface area contributed by atoms with Crippen LogP contribution in [0, 0.1) is 0 Å². The van der Waals surface area contributed by atoms with Crippen LogP contribution in [-0.2, 0) is 0 Å². The van der Waals surface area contributed by atoms with Gasteiger partial charge in [0.15, 0.2) is 0 Å². The number of rotatable bonds is 0. The summed E-state index contributed by atoms with van der Waals surface area (Å²) in [5, 5.41) is 0. The first-order valence-electron chi connectivity index (χ1n) is 2.98. The lowest BCUT2D eigenvalue weighted by Crippen LogP contribution is -1.99. The zero-order valence-electron chi connectivity index (χ0n) is 4.88. The summed E-state index contributed by atoms with van der Waals surface area (Å²) in [6, 6.07) is 0. The van der Waals surface area contributed by atoms with Crippen molar-refractivity contribution in [3.8, 4) is 0 Å². The van der Waals surface area contributed by atoms with E-state index in [-0.39, 0.29) is 17.5 Å². The highest BCUT2D eigenvalue weighted by molar-refractivity contribution is 6.27. The van der Waals surface area contributed by atoms with Crippen molar-refractivity contribution in [1.82, 2.24) is 0 Å². The van der Waals surface area contributed by atoms with Crippen LogP contribution in [0.4, 0.5) is 0 Å². The molecule has 1 saturated carbocycles. The molecule has 1 aliphatic carbocycles. The minimum atomic E-state index is 0.0370. The van der Waals surface area contributed by atoms with E-state index in [0.29, 0.717) is 0 Å². The lowest BCUT2D eigenvalue weighted by Gasteiger charge is -2.13. The molecule has 0 spiro atoms. The lowest BCUT2D eigenvalue weighted by atomic mass is 9.61. The van der Waals surface area contributed by atoms with Gasteiger partial charge >= 0.3 is 0 Å². The molecule has 3 heteroatoms. The van der Waals surface area contributed by atoms with E-state index in [0.717, 1.165) is 12.8 Å². The highest BCUT2D eigenvalue weighted by Gasteiger charge is 2.24. The van der Waals surface area contributed by atoms with E-state index in [1.54, 1.807) is 0 Å². The van der Waals surface area contributed by atoms with E-state index in [9.17, 15) is 0 Å². The largest absolute Gasteiger partial charge is 0.0871 e. The van der Waals surface area contributed by atoms with Gasteiger partial charge in [-0.05, 0) is 0 Å². The third-order valence-corrected chi connectivity index (χ3v) is 1.82. The summed E-state index contributed by atoms with van der Waals surface area (Å²) in [7, 11) is 16.7. The Morgan fingerprint density at radius 1 is 0.875 bits per heavy atom. The normalized spacial score (nSPS) is 47.2. The second-order valence-corrected chi connectivity index (χ2v) is 2.48. The van der Waals surface area contributed by atoms with Crippen LogP contribution < -0.4 is 0 Å². The quantitative estimate of drug-likeness (QED) is 0.391. The van der Waals surface area contributed by atoms with Gasteiger partial charge in [0.1, 0.15) is 0 Å². The maximum Gasteiger partial charge on any atom is 0.0693 e. The van der Waals surface area contributed by atoms with Crippen molar-refractivity contribution in [1.29, 1.82) is 0 Å². The number of hydrogen-bond donors (Lipinski definition) is 0. The summed E-state index contributed by atoms with van der Waals surface area (Å²) in [6.07, 6.45) is 1.98. The standard InChI is InChI=1S/C5H7B3/c6-3-1-2-4(7)5(3)8/h3-5H,1-2H2. The van der Waals surface area contributed by atoms with Crippen molar-refractivity contribution in [3.05, 3.63) is 0 Å². The Morgan fingerprint density at radius 3 is 1.38 bits per heavy atom. The van der Waals surface area contributed by atoms with Crippen molar-refractivity contribution in [2.75, 3.05) is 0 Å². The molecule has 2 unspecified atom stereocenters. The van der Waals surface area contributed by atoms with Gasteiger partial charge in [0.25, 0.3) is 0 Å². The van der Waals surface area contributed by atoms with Gasteiger partial charge in [-0.15, -0.1) is 0 Å². The van der Waals surface area contributed by atoms with Crippen LogP contribution in [0.25, 0.3) is 0 Å². The molecule has 0 bridgehead atoms. The topological polar surface area (TPSA) is 0 Å². The molecule has 8 heavy (non-hydrogen) atoms. The first-order valence-corrected chi connectivity index (χ1v) is 2.98. The summed E-state index contributed by atoms with van der Waals surface area (Å²) < 4.78 is 0. The predicted octanol–water partition coefficient (Wildman–Crippen LogP) is 0.651. The van der Waals surface area contributed by atoms with Crippen LogP contribution in [0.15, 0.2) is 0 Å². The third kappa shape index (κ3) is 0.960. The summed E-state index contributed by atoms with van der Waals surface area (Å²) in [5.41, 5.74) is 0. The second-order valence-electron chi connectivity index (χ2n) is 2.48. The lowest BCUT2D eigenvalue weighted by molar-refractivity contribution is 0.872. The maximum absolute atomic E-state index is 5.57. The Bertz CT molecular complexity index is 73.7. The van der Waals surface area contributed by atoms with Gasteiger partial charge in [-0.3, -0.25) is 0 Å². The molecule has 0 aliphatic heterocycles. The Labute approximate surface area is 54.6 Å². The van der Waals surface area contributed by atoms with E-state index in [1.807, 2.05) is 0 Å². The molecule has 2 atom stereocenters. The number of hydrogen-bond acceptors (Lipinski definition) is 0. The first-order chi connectivity index (χ1) is 3.72. The van der Waals surface area contributed by atoms with Crippen molar-refractivity contribution in [2.45, 2.75) is 30.3 Å². The monoisotopic (exact) mass is 100 g/mol. The van der Waals surface area contributed by atoms with E-state index < -0.39 is 0 Å². The SMILES string of the molecule is [B]C1CCC([B])C1[B]. The van der Waals surface area contributed by atoms with Crippen LogP contribution >= 0.6 is 0 Å². The van der Waals surface area contributed by atoms with Crippen LogP contribution in [0.5, 0.6) is 0 Å². The molecule has 0 aromatic heterocycles. The minimum Gasteiger partial charge on any atom is -0.0871 e. The average molecular weight is 99.5 g/mol. The van der Waals surface area contributed by atoms with Crippen LogP contribution in [-0.4, -0.2) is 23.5 Å². The predicted molar refractivity (Wildman–Crippen MR) is 37.7 cm³/mol. The fraction of sp³-hybridized carbons (Fsp3) is 1.00. The Hall–Kier alpha value is 0.195. The summed E-state index contributed by atoms with van der Waals surface area (Å²) in [5.74, 6) is 0.324. The van der Waals surface area contributed by atoms with E-state index in [4.69, 9.17) is 23.5 Å². The van der Waals surface area contributed by atoms with Crippen molar-refractivity contribution in [3.63, 3.8) is 0 Å². The molecule has 0 aromatic carbocycles. The Balaban J connectivity index is 2.44. The maximum atomic E-state index is 5.57. The molecule has 0 nitrogen and oxygen atoms in total. The van der Waals surface area contributed by atoms with Gasteiger partial charge in [-0.25, -0.2) is 0 Å². The van der Waals surface area contributed by atoms with Crippen molar-refractivity contribution in [2.24, 2.45) is 0 Å². The van der Waals surface area contributed by atoms with Crippen LogP contribution in [0.1, 0.15) is 12.8 Å². The summed E-state index contributed by atoms with van der Waals surface area (Å²) >= 11 is 0. The smallest absolute Gasteiger partial charge is 0.0693 e. The molecule has 0 N–H and O–H groups in total. The fourth-order valence-electron chi connectivity index (χ4n) is 1.09. The molecular weight excluding hydrogens is 92.5 g/mol. The van der Waals surface area contributed by atoms with Gasteiger partial charge in [0, 0.05) is 0 Å². The molecular formula is C5H7B3. The van der Waals surface area contributed by atoms with Gasteiger partial charge < -0.3 is 0 Å². The van der Waals surface area contributed by atoms with Gasteiger partial charge in [0.2, 0.25) is 0 Å². The average Bonchev–Trinajstić information content (AvgIpc) is 1.98. The molecule has 0 aromatic rings. The molecule has 1 fully saturated rings. The van der Waals surface area contributed by atoms with Crippen LogP contribution in [0.2, 0.25) is 17.5 Å². The zero-order chi connectivity index (χ0) is 6.15. The molecule has 0 saturated heterocycles. The van der Waals surface area contributed by atoms with Gasteiger partial charge in [-0.2, -0.15) is 0 Å². The third-order valence-electron chi connectivity index (χ3n) is 1.82. The fourth-order valence-corrected chi connectivity index (χ4v) is 1.09. The molecule has 6 radical (unpaired) electrons. The molecule has 0 amide bonds. The van der Waals surface area contributed by atoms with Crippen LogP contribution in [0.3, 0.4) is 0 Å². The van der Waals surface area contributed by atoms with Gasteiger partial charge in [0.05, 0.1) is 23.5 Å². The molecule has 1 aliphatic rings. The van der Waals surface area contributed by atoms with Crippen molar-refractivity contribution >= 4 is 23.5 Å². The minimum absolute atomic E-state index is 0.0370. The van der Waals surface area contributed by atoms with E-state index >= 15 is 0 Å². The highest BCUT2D eigenvalue weighted by Crippen LogP contribution is 2.43. The summed E-state index contributed by atoms with van der Waals surface area (Å²) in [4.78, 5) is 0. The van der Waals surface area contributed by atoms with E-state index in [2.05, 4.69) is 0 Å². The van der Waals surface area contributed by atoms with Crippen molar-refractivity contribution < 1.29 is 0 Å². The molecule has 1 rings (SSSR count). The Kier molecular flexibility index (Phi) is 1.74.